The second-order valence-corrected chi connectivity index (χ2v) is 8.35. The molecule has 0 aliphatic heterocycles. The van der Waals surface area contributed by atoms with E-state index in [9.17, 15) is 9.59 Å². The molecule has 0 aliphatic rings. The fourth-order valence-corrected chi connectivity index (χ4v) is 3.87. The summed E-state index contributed by atoms with van der Waals surface area (Å²) in [6.45, 7) is 4.62. The third-order valence-electron chi connectivity index (χ3n) is 5.87. The first-order valence-electron chi connectivity index (χ1n) is 11.8. The summed E-state index contributed by atoms with van der Waals surface area (Å²) in [5.74, 6) is 0.244. The second kappa shape index (κ2) is 11.4. The molecule has 0 radical (unpaired) electrons. The average Bonchev–Trinajstić information content (AvgIpc) is 3.38. The lowest BCUT2D eigenvalue weighted by molar-refractivity contribution is 0.0518. The fraction of sp³-hybridized carbons (Fsp3) is 0.207. The van der Waals surface area contributed by atoms with E-state index in [1.54, 1.807) is 49.0 Å². The quantitative estimate of drug-likeness (QED) is 0.329. The molecule has 1 amide bonds. The fourth-order valence-electron chi connectivity index (χ4n) is 3.87. The van der Waals surface area contributed by atoms with E-state index in [1.807, 2.05) is 42.5 Å². The molecule has 7 heteroatoms. The first-order valence-corrected chi connectivity index (χ1v) is 11.8. The molecule has 1 heterocycles. The number of amides is 1. The van der Waals surface area contributed by atoms with E-state index in [4.69, 9.17) is 9.47 Å². The van der Waals surface area contributed by atoms with Gasteiger partial charge in [-0.25, -0.2) is 9.48 Å². The lowest BCUT2D eigenvalue weighted by atomic mass is 10.0. The number of nitrogens with zero attached hydrogens (tertiary/aromatic N) is 2. The second-order valence-electron chi connectivity index (χ2n) is 8.35. The van der Waals surface area contributed by atoms with Gasteiger partial charge in [0.15, 0.2) is 5.69 Å². The van der Waals surface area contributed by atoms with E-state index in [-0.39, 0.29) is 24.1 Å². The van der Waals surface area contributed by atoms with Crippen LogP contribution < -0.4 is 10.1 Å². The minimum Gasteiger partial charge on any atom is -0.497 e. The van der Waals surface area contributed by atoms with Crippen LogP contribution in [0.25, 0.3) is 16.9 Å². The Hall–Kier alpha value is -4.39. The van der Waals surface area contributed by atoms with Gasteiger partial charge in [-0.15, -0.1) is 0 Å². The Bertz CT molecular complexity index is 1330. The first kappa shape index (κ1) is 24.7. The van der Waals surface area contributed by atoms with Gasteiger partial charge in [0.1, 0.15) is 5.75 Å². The molecular formula is C29H29N3O4. The van der Waals surface area contributed by atoms with E-state index in [2.05, 4.69) is 29.5 Å². The largest absolute Gasteiger partial charge is 0.497 e. The van der Waals surface area contributed by atoms with Gasteiger partial charge in [0.2, 0.25) is 0 Å². The monoisotopic (exact) mass is 483 g/mol. The Kier molecular flexibility index (Phi) is 7.80. The van der Waals surface area contributed by atoms with Crippen molar-refractivity contribution in [2.75, 3.05) is 20.3 Å². The van der Waals surface area contributed by atoms with Gasteiger partial charge in [0, 0.05) is 17.7 Å². The zero-order valence-electron chi connectivity index (χ0n) is 20.6. The van der Waals surface area contributed by atoms with E-state index < -0.39 is 5.97 Å². The number of hydrogen-bond donors (Lipinski definition) is 1. The highest BCUT2D eigenvalue weighted by Gasteiger charge is 2.18. The molecule has 3 aromatic carbocycles. The number of nitrogens with one attached hydrogen (secondary N) is 1. The highest BCUT2D eigenvalue weighted by atomic mass is 16.5. The Labute approximate surface area is 210 Å². The number of carbonyl (C=O) groups excluding carboxylic acids is 2. The average molecular weight is 484 g/mol. The molecule has 36 heavy (non-hydrogen) atoms. The van der Waals surface area contributed by atoms with Crippen molar-refractivity contribution in [3.05, 3.63) is 102 Å². The number of benzene rings is 3. The number of methoxy groups -OCH3 is 1. The number of rotatable bonds is 9. The molecule has 0 bridgehead atoms. The number of ether oxygens (including phenoxy) is 2. The van der Waals surface area contributed by atoms with Crippen LogP contribution in [0.1, 0.15) is 46.2 Å². The number of esters is 1. The molecule has 1 aromatic heterocycles. The molecule has 1 N–H and O–H groups in total. The zero-order valence-corrected chi connectivity index (χ0v) is 20.6. The van der Waals surface area contributed by atoms with Crippen LogP contribution in [0.4, 0.5) is 0 Å². The van der Waals surface area contributed by atoms with Crippen LogP contribution >= 0.6 is 0 Å². The Balaban J connectivity index is 1.57. The SMILES string of the molecule is CCOC(=O)c1cc(-c2cccc(OC)c2)n(-c2ccc(C(=O)NC[C@@H](C)c3ccccc3)cc2)n1. The summed E-state index contributed by atoms with van der Waals surface area (Å²) in [5.41, 5.74) is 4.15. The molecule has 1 atom stereocenters. The maximum absolute atomic E-state index is 12.7. The molecule has 4 aromatic rings. The van der Waals surface area contributed by atoms with Crippen molar-refractivity contribution < 1.29 is 19.1 Å². The molecule has 7 nitrogen and oxygen atoms in total. The van der Waals surface area contributed by atoms with Crippen LogP contribution in [0.15, 0.2) is 84.9 Å². The molecule has 0 unspecified atom stereocenters. The third-order valence-corrected chi connectivity index (χ3v) is 5.87. The summed E-state index contributed by atoms with van der Waals surface area (Å²) >= 11 is 0. The number of aromatic nitrogens is 2. The third kappa shape index (κ3) is 5.63. The Morgan fingerprint density at radius 2 is 1.72 bits per heavy atom. The van der Waals surface area contributed by atoms with E-state index in [1.165, 1.54) is 5.56 Å². The summed E-state index contributed by atoms with van der Waals surface area (Å²) in [6.07, 6.45) is 0. The lowest BCUT2D eigenvalue weighted by Gasteiger charge is -2.13. The predicted molar refractivity (Wildman–Crippen MR) is 139 cm³/mol. The Morgan fingerprint density at radius 1 is 0.972 bits per heavy atom. The summed E-state index contributed by atoms with van der Waals surface area (Å²) in [4.78, 5) is 25.1. The topological polar surface area (TPSA) is 82.5 Å². The van der Waals surface area contributed by atoms with Crippen LogP contribution in [-0.4, -0.2) is 41.9 Å². The van der Waals surface area contributed by atoms with Crippen molar-refractivity contribution in [1.82, 2.24) is 15.1 Å². The van der Waals surface area contributed by atoms with Gasteiger partial charge in [-0.3, -0.25) is 4.79 Å². The van der Waals surface area contributed by atoms with Gasteiger partial charge in [-0.1, -0.05) is 49.4 Å². The molecule has 0 saturated carbocycles. The summed E-state index contributed by atoms with van der Waals surface area (Å²) < 4.78 is 12.2. The molecular weight excluding hydrogens is 454 g/mol. The van der Waals surface area contributed by atoms with Gasteiger partial charge >= 0.3 is 5.97 Å². The molecule has 0 spiro atoms. The van der Waals surface area contributed by atoms with Gasteiger partial charge in [-0.2, -0.15) is 5.10 Å². The molecule has 184 valence electrons. The molecule has 4 rings (SSSR count). The molecule has 0 aliphatic carbocycles. The predicted octanol–water partition coefficient (Wildman–Crippen LogP) is 5.26. The van der Waals surface area contributed by atoms with Gasteiger partial charge in [0.25, 0.3) is 5.91 Å². The van der Waals surface area contributed by atoms with Crippen LogP contribution in [0.5, 0.6) is 5.75 Å². The summed E-state index contributed by atoms with van der Waals surface area (Å²) in [6, 6.07) is 26.4. The van der Waals surface area contributed by atoms with Crippen molar-refractivity contribution in [3.8, 4) is 22.7 Å². The lowest BCUT2D eigenvalue weighted by Crippen LogP contribution is -2.27. The van der Waals surface area contributed by atoms with Crippen LogP contribution in [0.2, 0.25) is 0 Å². The zero-order chi connectivity index (χ0) is 25.5. The standard InChI is InChI=1S/C29H29N3O4/c1-4-36-29(34)26-18-27(23-11-8-12-25(17-23)35-3)32(31-26)24-15-13-22(14-16-24)28(33)30-19-20(2)21-9-6-5-7-10-21/h5-18,20H,4,19H2,1-3H3,(H,30,33)/t20-/m1/s1. The molecule has 0 saturated heterocycles. The van der Waals surface area contributed by atoms with Crippen molar-refractivity contribution in [2.45, 2.75) is 19.8 Å². The van der Waals surface area contributed by atoms with E-state index in [0.717, 1.165) is 5.56 Å². The number of carbonyl (C=O) groups is 2. The van der Waals surface area contributed by atoms with Crippen molar-refractivity contribution in [1.29, 1.82) is 0 Å². The maximum atomic E-state index is 12.7. The van der Waals surface area contributed by atoms with Crippen LogP contribution in [-0.2, 0) is 4.74 Å². The minimum absolute atomic E-state index is 0.148. The van der Waals surface area contributed by atoms with Gasteiger partial charge in [0.05, 0.1) is 25.1 Å². The van der Waals surface area contributed by atoms with Gasteiger partial charge < -0.3 is 14.8 Å². The van der Waals surface area contributed by atoms with Crippen LogP contribution in [0, 0.1) is 0 Å². The highest BCUT2D eigenvalue weighted by molar-refractivity contribution is 5.94. The van der Waals surface area contributed by atoms with E-state index in [0.29, 0.717) is 29.2 Å². The maximum Gasteiger partial charge on any atom is 0.358 e. The number of hydrogen-bond acceptors (Lipinski definition) is 5. The molecule has 0 fully saturated rings. The Morgan fingerprint density at radius 3 is 2.42 bits per heavy atom. The normalized spacial score (nSPS) is 11.5. The van der Waals surface area contributed by atoms with Gasteiger partial charge in [-0.05, 0) is 60.9 Å². The highest BCUT2D eigenvalue weighted by Crippen LogP contribution is 2.27. The van der Waals surface area contributed by atoms with Crippen molar-refractivity contribution in [3.63, 3.8) is 0 Å². The van der Waals surface area contributed by atoms with Crippen molar-refractivity contribution in [2.24, 2.45) is 0 Å². The summed E-state index contributed by atoms with van der Waals surface area (Å²) in [5, 5.41) is 7.50. The smallest absolute Gasteiger partial charge is 0.358 e. The van der Waals surface area contributed by atoms with Crippen molar-refractivity contribution >= 4 is 11.9 Å². The van der Waals surface area contributed by atoms with E-state index >= 15 is 0 Å². The van der Waals surface area contributed by atoms with Crippen LogP contribution in [0.3, 0.4) is 0 Å². The minimum atomic E-state index is -0.496. The first-order chi connectivity index (χ1) is 17.5. The summed E-state index contributed by atoms with van der Waals surface area (Å²) in [7, 11) is 1.60.